The summed E-state index contributed by atoms with van der Waals surface area (Å²) >= 11 is 0. The molecule has 0 fully saturated rings. The molecule has 0 saturated heterocycles. The van der Waals surface area contributed by atoms with Crippen LogP contribution in [0.1, 0.15) is 36.5 Å². The van der Waals surface area contributed by atoms with Gasteiger partial charge < -0.3 is 9.84 Å². The molecule has 1 aliphatic carbocycles. The van der Waals surface area contributed by atoms with E-state index < -0.39 is 15.6 Å². The van der Waals surface area contributed by atoms with Crippen molar-refractivity contribution in [2.24, 2.45) is 0 Å². The highest BCUT2D eigenvalue weighted by molar-refractivity contribution is 7.89. The molecule has 2 N–H and O–H groups in total. The summed E-state index contributed by atoms with van der Waals surface area (Å²) in [4.78, 5) is 0.184. The third-order valence-corrected chi connectivity index (χ3v) is 6.41. The van der Waals surface area contributed by atoms with Crippen LogP contribution in [0.15, 0.2) is 47.4 Å². The molecule has 1 aliphatic rings. The molecule has 1 atom stereocenters. The van der Waals surface area contributed by atoms with Crippen molar-refractivity contribution in [2.45, 2.75) is 50.0 Å². The first kappa shape index (κ1) is 19.9. The van der Waals surface area contributed by atoms with Gasteiger partial charge in [-0.15, -0.1) is 0 Å². The van der Waals surface area contributed by atoms with E-state index in [-0.39, 0.29) is 11.4 Å². The normalized spacial score (nSPS) is 19.5. The van der Waals surface area contributed by atoms with E-state index in [1.165, 1.54) is 5.56 Å². The van der Waals surface area contributed by atoms with Gasteiger partial charge in [0.15, 0.2) is 0 Å². The van der Waals surface area contributed by atoms with Gasteiger partial charge in [0.25, 0.3) is 0 Å². The van der Waals surface area contributed by atoms with Gasteiger partial charge in [0.2, 0.25) is 10.0 Å². The van der Waals surface area contributed by atoms with Crippen molar-refractivity contribution < 1.29 is 18.3 Å². The number of nitrogens with one attached hydrogen (secondary N) is 1. The lowest BCUT2D eigenvalue weighted by molar-refractivity contribution is 0.0317. The number of hydrogen-bond acceptors (Lipinski definition) is 4. The van der Waals surface area contributed by atoms with Gasteiger partial charge in [-0.1, -0.05) is 31.2 Å². The van der Waals surface area contributed by atoms with Crippen molar-refractivity contribution in [2.75, 3.05) is 13.2 Å². The second-order valence-corrected chi connectivity index (χ2v) is 9.04. The molecule has 0 bridgehead atoms. The molecule has 146 valence electrons. The summed E-state index contributed by atoms with van der Waals surface area (Å²) in [6.45, 7) is 4.44. The van der Waals surface area contributed by atoms with Gasteiger partial charge in [-0.25, -0.2) is 13.1 Å². The highest BCUT2D eigenvalue weighted by Gasteiger charge is 2.33. The van der Waals surface area contributed by atoms with E-state index in [9.17, 15) is 13.5 Å². The zero-order valence-electron chi connectivity index (χ0n) is 15.9. The van der Waals surface area contributed by atoms with Gasteiger partial charge in [-0.2, -0.15) is 0 Å². The molecule has 0 amide bonds. The van der Waals surface area contributed by atoms with Crippen LogP contribution in [0.3, 0.4) is 0 Å². The lowest BCUT2D eigenvalue weighted by Gasteiger charge is -2.33. The SMILES string of the molecule is CCCOc1ccc(S(=O)(=O)NCC2(O)CCc3ccccc3C2)cc1C. The molecular formula is C21H27NO4S. The van der Waals surface area contributed by atoms with E-state index in [0.29, 0.717) is 25.2 Å². The Labute approximate surface area is 161 Å². The van der Waals surface area contributed by atoms with Crippen molar-refractivity contribution >= 4 is 10.0 Å². The Balaban J connectivity index is 1.69. The molecule has 1 unspecified atom stereocenters. The van der Waals surface area contributed by atoms with Gasteiger partial charge in [0.1, 0.15) is 5.75 Å². The Kier molecular flexibility index (Phi) is 5.89. The first-order valence-corrected chi connectivity index (χ1v) is 10.8. The first-order valence-electron chi connectivity index (χ1n) is 9.35. The number of aliphatic hydroxyl groups is 1. The molecule has 2 aromatic carbocycles. The van der Waals surface area contributed by atoms with Crippen molar-refractivity contribution in [1.82, 2.24) is 4.72 Å². The summed E-state index contributed by atoms with van der Waals surface area (Å²) in [6, 6.07) is 12.8. The van der Waals surface area contributed by atoms with Gasteiger partial charge in [-0.05, 0) is 61.1 Å². The van der Waals surface area contributed by atoms with E-state index in [1.807, 2.05) is 32.0 Å². The Morgan fingerprint density at radius 1 is 1.19 bits per heavy atom. The van der Waals surface area contributed by atoms with Gasteiger partial charge in [0, 0.05) is 13.0 Å². The maximum absolute atomic E-state index is 12.7. The molecule has 5 nitrogen and oxygen atoms in total. The fourth-order valence-corrected chi connectivity index (χ4v) is 4.62. The maximum atomic E-state index is 12.7. The van der Waals surface area contributed by atoms with Crippen LogP contribution < -0.4 is 9.46 Å². The third kappa shape index (κ3) is 4.69. The minimum absolute atomic E-state index is 0.00317. The predicted octanol–water partition coefficient (Wildman–Crippen LogP) is 2.98. The summed E-state index contributed by atoms with van der Waals surface area (Å²) in [5.74, 6) is 0.693. The van der Waals surface area contributed by atoms with Gasteiger partial charge >= 0.3 is 0 Å². The van der Waals surface area contributed by atoms with Crippen molar-refractivity contribution in [3.05, 3.63) is 59.2 Å². The Bertz CT molecular complexity index is 910. The molecule has 0 radical (unpaired) electrons. The Hall–Kier alpha value is -1.89. The van der Waals surface area contributed by atoms with Crippen LogP contribution >= 0.6 is 0 Å². The standard InChI is InChI=1S/C21H27NO4S/c1-3-12-26-20-9-8-19(13-16(20)2)27(24,25)22-15-21(23)11-10-17-6-4-5-7-18(17)14-21/h4-9,13,22-23H,3,10-12,14-15H2,1-2H3. The lowest BCUT2D eigenvalue weighted by Crippen LogP contribution is -2.46. The Morgan fingerprint density at radius 3 is 2.63 bits per heavy atom. The zero-order chi connectivity index (χ0) is 19.5. The maximum Gasteiger partial charge on any atom is 0.240 e. The first-order chi connectivity index (χ1) is 12.8. The molecule has 0 aliphatic heterocycles. The number of benzene rings is 2. The summed E-state index contributed by atoms with van der Waals surface area (Å²) in [5, 5.41) is 10.9. The molecule has 6 heteroatoms. The number of hydrogen-bond donors (Lipinski definition) is 2. The molecule has 27 heavy (non-hydrogen) atoms. The monoisotopic (exact) mass is 389 g/mol. The molecule has 2 aromatic rings. The van der Waals surface area contributed by atoms with Crippen molar-refractivity contribution in [3.8, 4) is 5.75 Å². The van der Waals surface area contributed by atoms with Crippen LogP contribution in [0, 0.1) is 6.92 Å². The quantitative estimate of drug-likeness (QED) is 0.763. The average molecular weight is 390 g/mol. The van der Waals surface area contributed by atoms with Crippen LogP contribution in [0.4, 0.5) is 0 Å². The van der Waals surface area contributed by atoms with Crippen molar-refractivity contribution in [3.63, 3.8) is 0 Å². The molecule has 0 saturated carbocycles. The van der Waals surface area contributed by atoms with E-state index in [2.05, 4.69) is 10.8 Å². The predicted molar refractivity (Wildman–Crippen MR) is 106 cm³/mol. The summed E-state index contributed by atoms with van der Waals surface area (Å²) in [6.07, 6.45) is 2.63. The van der Waals surface area contributed by atoms with E-state index >= 15 is 0 Å². The number of rotatable bonds is 7. The second kappa shape index (κ2) is 8.00. The molecular weight excluding hydrogens is 362 g/mol. The minimum Gasteiger partial charge on any atom is -0.493 e. The zero-order valence-corrected chi connectivity index (χ0v) is 16.7. The van der Waals surface area contributed by atoms with Crippen LogP contribution in [-0.2, 0) is 22.9 Å². The fraction of sp³-hybridized carbons (Fsp3) is 0.429. The highest BCUT2D eigenvalue weighted by Crippen LogP contribution is 2.29. The van der Waals surface area contributed by atoms with E-state index in [1.54, 1.807) is 18.2 Å². The lowest BCUT2D eigenvalue weighted by atomic mass is 9.80. The number of sulfonamides is 1. The third-order valence-electron chi connectivity index (χ3n) is 5.01. The van der Waals surface area contributed by atoms with Crippen LogP contribution in [-0.4, -0.2) is 32.3 Å². The summed E-state index contributed by atoms with van der Waals surface area (Å²) < 4.78 is 33.5. The number of ether oxygens (including phenoxy) is 1. The summed E-state index contributed by atoms with van der Waals surface area (Å²) in [7, 11) is -3.70. The second-order valence-electron chi connectivity index (χ2n) is 7.27. The van der Waals surface area contributed by atoms with E-state index in [0.717, 1.165) is 24.0 Å². The number of fused-ring (bicyclic) bond motifs is 1. The van der Waals surface area contributed by atoms with Crippen LogP contribution in [0.2, 0.25) is 0 Å². The molecule has 3 rings (SSSR count). The van der Waals surface area contributed by atoms with E-state index in [4.69, 9.17) is 4.74 Å². The minimum atomic E-state index is -3.70. The highest BCUT2D eigenvalue weighted by atomic mass is 32.2. The average Bonchev–Trinajstić information content (AvgIpc) is 2.65. The molecule has 0 spiro atoms. The van der Waals surface area contributed by atoms with Crippen molar-refractivity contribution in [1.29, 1.82) is 0 Å². The topological polar surface area (TPSA) is 75.6 Å². The van der Waals surface area contributed by atoms with Crippen LogP contribution in [0.25, 0.3) is 0 Å². The van der Waals surface area contributed by atoms with Gasteiger partial charge in [-0.3, -0.25) is 0 Å². The van der Waals surface area contributed by atoms with Crippen LogP contribution in [0.5, 0.6) is 5.75 Å². The van der Waals surface area contributed by atoms with Gasteiger partial charge in [0.05, 0.1) is 17.1 Å². The smallest absolute Gasteiger partial charge is 0.240 e. The number of aryl methyl sites for hydroxylation is 2. The fourth-order valence-electron chi connectivity index (χ4n) is 3.41. The molecule has 0 heterocycles. The summed E-state index contributed by atoms with van der Waals surface area (Å²) in [5.41, 5.74) is 2.01. The Morgan fingerprint density at radius 2 is 1.93 bits per heavy atom. The molecule has 0 aromatic heterocycles. The largest absolute Gasteiger partial charge is 0.493 e.